The predicted molar refractivity (Wildman–Crippen MR) is 105 cm³/mol. The van der Waals surface area contributed by atoms with Gasteiger partial charge >= 0.3 is 5.97 Å². The van der Waals surface area contributed by atoms with Crippen LogP contribution < -0.4 is 5.56 Å². The van der Waals surface area contributed by atoms with Crippen molar-refractivity contribution in [1.29, 1.82) is 0 Å². The molecule has 0 aliphatic rings. The molecule has 3 rings (SSSR count). The van der Waals surface area contributed by atoms with Gasteiger partial charge in [-0.25, -0.2) is 4.98 Å². The first-order valence-corrected chi connectivity index (χ1v) is 9.21. The van der Waals surface area contributed by atoms with Crippen LogP contribution in [0.3, 0.4) is 0 Å². The predicted octanol–water partition coefficient (Wildman–Crippen LogP) is 3.88. The van der Waals surface area contributed by atoms with E-state index in [1.165, 1.54) is 10.5 Å². The van der Waals surface area contributed by atoms with Crippen LogP contribution in [0, 0.1) is 12.8 Å². The SMILES string of the molecule is CC[C@@H](C)[C@@H](C(=O)OCc1cc(=O)n2c(C)cccc2n1)c1ccccc1. The van der Waals surface area contributed by atoms with Crippen LogP contribution in [0.2, 0.25) is 0 Å². The number of benzene rings is 1. The third-order valence-electron chi connectivity index (χ3n) is 4.92. The number of nitrogens with zero attached hydrogens (tertiary/aromatic N) is 2. The molecule has 2 heterocycles. The maximum atomic E-state index is 12.8. The van der Waals surface area contributed by atoms with Gasteiger partial charge in [-0.15, -0.1) is 0 Å². The third kappa shape index (κ3) is 4.08. The van der Waals surface area contributed by atoms with Gasteiger partial charge in [0, 0.05) is 11.8 Å². The van der Waals surface area contributed by atoms with E-state index in [4.69, 9.17) is 4.74 Å². The summed E-state index contributed by atoms with van der Waals surface area (Å²) in [6.45, 7) is 5.94. The molecule has 0 aliphatic heterocycles. The average molecular weight is 364 g/mol. The van der Waals surface area contributed by atoms with Gasteiger partial charge < -0.3 is 4.74 Å². The smallest absolute Gasteiger partial charge is 0.314 e. The summed E-state index contributed by atoms with van der Waals surface area (Å²) < 4.78 is 7.09. The van der Waals surface area contributed by atoms with Gasteiger partial charge in [-0.1, -0.05) is 56.7 Å². The number of aryl methyl sites for hydroxylation is 1. The summed E-state index contributed by atoms with van der Waals surface area (Å²) in [5, 5.41) is 0. The largest absolute Gasteiger partial charge is 0.459 e. The van der Waals surface area contributed by atoms with E-state index in [2.05, 4.69) is 11.9 Å². The van der Waals surface area contributed by atoms with Gasteiger partial charge in [0.25, 0.3) is 5.56 Å². The topological polar surface area (TPSA) is 60.7 Å². The molecule has 5 heteroatoms. The van der Waals surface area contributed by atoms with Crippen molar-refractivity contribution < 1.29 is 9.53 Å². The number of esters is 1. The monoisotopic (exact) mass is 364 g/mol. The number of ether oxygens (including phenoxy) is 1. The second-order valence-electron chi connectivity index (χ2n) is 6.83. The van der Waals surface area contributed by atoms with Gasteiger partial charge in [-0.3, -0.25) is 14.0 Å². The molecule has 0 N–H and O–H groups in total. The van der Waals surface area contributed by atoms with E-state index in [0.717, 1.165) is 17.7 Å². The van der Waals surface area contributed by atoms with E-state index in [1.54, 1.807) is 6.07 Å². The van der Waals surface area contributed by atoms with E-state index in [1.807, 2.05) is 56.3 Å². The Bertz CT molecular complexity index is 995. The molecule has 27 heavy (non-hydrogen) atoms. The number of hydrogen-bond acceptors (Lipinski definition) is 4. The number of fused-ring (bicyclic) bond motifs is 1. The summed E-state index contributed by atoms with van der Waals surface area (Å²) >= 11 is 0. The van der Waals surface area contributed by atoms with Crippen LogP contribution in [-0.2, 0) is 16.1 Å². The number of carbonyl (C=O) groups is 1. The summed E-state index contributed by atoms with van der Waals surface area (Å²) in [7, 11) is 0. The Morgan fingerprint density at radius 1 is 1.15 bits per heavy atom. The fraction of sp³-hybridized carbons (Fsp3) is 0.318. The molecule has 1 aromatic carbocycles. The lowest BCUT2D eigenvalue weighted by atomic mass is 9.86. The van der Waals surface area contributed by atoms with Crippen LogP contribution in [0.15, 0.2) is 59.4 Å². The van der Waals surface area contributed by atoms with Crippen molar-refractivity contribution in [2.45, 2.75) is 39.7 Å². The summed E-state index contributed by atoms with van der Waals surface area (Å²) in [5.41, 5.74) is 2.59. The van der Waals surface area contributed by atoms with Gasteiger partial charge in [-0.05, 0) is 30.5 Å². The van der Waals surface area contributed by atoms with Crippen LogP contribution in [0.5, 0.6) is 0 Å². The minimum atomic E-state index is -0.333. The number of carbonyl (C=O) groups excluding carboxylic acids is 1. The molecule has 0 bridgehead atoms. The van der Waals surface area contributed by atoms with Crippen molar-refractivity contribution in [3.63, 3.8) is 0 Å². The highest BCUT2D eigenvalue weighted by atomic mass is 16.5. The van der Waals surface area contributed by atoms with Gasteiger partial charge in [0.15, 0.2) is 0 Å². The minimum absolute atomic E-state index is 0.0156. The Kier molecular flexibility index (Phi) is 5.69. The zero-order valence-electron chi connectivity index (χ0n) is 15.9. The highest BCUT2D eigenvalue weighted by Gasteiger charge is 2.27. The standard InChI is InChI=1S/C22H24N2O3/c1-4-15(2)21(17-10-6-5-7-11-17)22(26)27-14-18-13-20(25)24-16(3)9-8-12-19(24)23-18/h5-13,15,21H,4,14H2,1-3H3/t15-,21-/m1/s1. The van der Waals surface area contributed by atoms with Gasteiger partial charge in [0.05, 0.1) is 11.6 Å². The molecule has 140 valence electrons. The van der Waals surface area contributed by atoms with E-state index in [-0.39, 0.29) is 30.0 Å². The Labute approximate surface area is 158 Å². The van der Waals surface area contributed by atoms with Crippen molar-refractivity contribution in [2.75, 3.05) is 0 Å². The number of rotatable bonds is 6. The van der Waals surface area contributed by atoms with E-state index < -0.39 is 0 Å². The Morgan fingerprint density at radius 3 is 2.59 bits per heavy atom. The van der Waals surface area contributed by atoms with Crippen molar-refractivity contribution >= 4 is 11.6 Å². The fourth-order valence-corrected chi connectivity index (χ4v) is 3.27. The van der Waals surface area contributed by atoms with Crippen LogP contribution in [0.25, 0.3) is 5.65 Å². The van der Waals surface area contributed by atoms with Gasteiger partial charge in [-0.2, -0.15) is 0 Å². The lowest BCUT2D eigenvalue weighted by Gasteiger charge is -2.21. The van der Waals surface area contributed by atoms with Crippen LogP contribution in [0.1, 0.15) is 43.1 Å². The van der Waals surface area contributed by atoms with E-state index >= 15 is 0 Å². The normalized spacial score (nSPS) is 13.3. The molecule has 0 saturated heterocycles. The lowest BCUT2D eigenvalue weighted by Crippen LogP contribution is -2.23. The second-order valence-corrected chi connectivity index (χ2v) is 6.83. The van der Waals surface area contributed by atoms with E-state index in [0.29, 0.717) is 11.3 Å². The third-order valence-corrected chi connectivity index (χ3v) is 4.92. The average Bonchev–Trinajstić information content (AvgIpc) is 2.67. The molecular weight excluding hydrogens is 340 g/mol. The first kappa shape index (κ1) is 18.8. The van der Waals surface area contributed by atoms with Crippen molar-refractivity contribution in [3.05, 3.63) is 81.9 Å². The van der Waals surface area contributed by atoms with Crippen molar-refractivity contribution in [1.82, 2.24) is 9.38 Å². The number of hydrogen-bond donors (Lipinski definition) is 0. The quantitative estimate of drug-likeness (QED) is 0.623. The highest BCUT2D eigenvalue weighted by molar-refractivity contribution is 5.78. The molecule has 2 aromatic heterocycles. The van der Waals surface area contributed by atoms with Crippen LogP contribution in [0.4, 0.5) is 0 Å². The molecule has 2 atom stereocenters. The molecule has 0 radical (unpaired) electrons. The molecule has 0 aliphatic carbocycles. The minimum Gasteiger partial charge on any atom is -0.459 e. The summed E-state index contributed by atoms with van der Waals surface area (Å²) in [5.74, 6) is -0.473. The summed E-state index contributed by atoms with van der Waals surface area (Å²) in [4.78, 5) is 29.6. The molecule has 0 unspecified atom stereocenters. The fourth-order valence-electron chi connectivity index (χ4n) is 3.27. The molecule has 5 nitrogen and oxygen atoms in total. The summed E-state index contributed by atoms with van der Waals surface area (Å²) in [6, 6.07) is 16.6. The highest BCUT2D eigenvalue weighted by Crippen LogP contribution is 2.28. The maximum absolute atomic E-state index is 12.8. The Morgan fingerprint density at radius 2 is 1.89 bits per heavy atom. The molecule has 0 amide bonds. The van der Waals surface area contributed by atoms with Crippen molar-refractivity contribution in [3.8, 4) is 0 Å². The first-order valence-electron chi connectivity index (χ1n) is 9.21. The van der Waals surface area contributed by atoms with Crippen molar-refractivity contribution in [2.24, 2.45) is 5.92 Å². The Hall–Kier alpha value is -2.95. The Balaban J connectivity index is 1.81. The van der Waals surface area contributed by atoms with E-state index in [9.17, 15) is 9.59 Å². The summed E-state index contributed by atoms with van der Waals surface area (Å²) in [6.07, 6.45) is 0.865. The zero-order valence-corrected chi connectivity index (χ0v) is 15.9. The maximum Gasteiger partial charge on any atom is 0.314 e. The molecule has 0 fully saturated rings. The number of aromatic nitrogens is 2. The van der Waals surface area contributed by atoms with Crippen LogP contribution >= 0.6 is 0 Å². The van der Waals surface area contributed by atoms with Crippen LogP contribution in [-0.4, -0.2) is 15.4 Å². The van der Waals surface area contributed by atoms with Gasteiger partial charge in [0.1, 0.15) is 12.3 Å². The molecular formula is C22H24N2O3. The zero-order chi connectivity index (χ0) is 19.4. The van der Waals surface area contributed by atoms with Gasteiger partial charge in [0.2, 0.25) is 0 Å². The molecule has 0 saturated carbocycles. The second kappa shape index (κ2) is 8.16. The molecule has 0 spiro atoms. The molecule has 3 aromatic rings. The first-order chi connectivity index (χ1) is 13.0. The number of pyridine rings is 1. The lowest BCUT2D eigenvalue weighted by molar-refractivity contribution is -0.148.